The standard InChI is InChI=1S/C12H21N3O/c1-4-5-6-14(3)12(16)11-15-9-7-13(2)8-10-15/h4-6H,1,7-11H2,2-3H3. The van der Waals surface area contributed by atoms with Gasteiger partial charge >= 0.3 is 0 Å². The molecule has 0 radical (unpaired) electrons. The highest BCUT2D eigenvalue weighted by atomic mass is 16.2. The van der Waals surface area contributed by atoms with Crippen LogP contribution in [0.3, 0.4) is 0 Å². The van der Waals surface area contributed by atoms with Crippen LogP contribution in [0.15, 0.2) is 24.9 Å². The van der Waals surface area contributed by atoms with Gasteiger partial charge in [0, 0.05) is 39.4 Å². The molecule has 0 spiro atoms. The number of hydrogen-bond donors (Lipinski definition) is 0. The molecule has 1 rings (SSSR count). The number of amides is 1. The number of allylic oxidation sites excluding steroid dienone is 2. The SMILES string of the molecule is C=CC=CN(C)C(=O)CN1CCN(C)CC1. The smallest absolute Gasteiger partial charge is 0.240 e. The Labute approximate surface area is 97.8 Å². The molecule has 0 aliphatic carbocycles. The first-order chi connectivity index (χ1) is 7.63. The third-order valence-corrected chi connectivity index (χ3v) is 2.79. The van der Waals surface area contributed by atoms with Crippen molar-refractivity contribution in [2.24, 2.45) is 0 Å². The van der Waals surface area contributed by atoms with E-state index < -0.39 is 0 Å². The fourth-order valence-corrected chi connectivity index (χ4v) is 1.58. The van der Waals surface area contributed by atoms with Gasteiger partial charge in [-0.2, -0.15) is 0 Å². The lowest BCUT2D eigenvalue weighted by Gasteiger charge is -2.32. The Morgan fingerprint density at radius 1 is 1.38 bits per heavy atom. The first-order valence-electron chi connectivity index (χ1n) is 5.59. The van der Waals surface area contributed by atoms with Crippen LogP contribution in [-0.2, 0) is 4.79 Å². The van der Waals surface area contributed by atoms with E-state index in [1.54, 1.807) is 30.3 Å². The maximum absolute atomic E-state index is 11.8. The lowest BCUT2D eigenvalue weighted by Crippen LogP contribution is -2.47. The van der Waals surface area contributed by atoms with E-state index in [2.05, 4.69) is 23.4 Å². The monoisotopic (exact) mass is 223 g/mol. The summed E-state index contributed by atoms with van der Waals surface area (Å²) < 4.78 is 0. The maximum atomic E-state index is 11.8. The van der Waals surface area contributed by atoms with Gasteiger partial charge in [0.15, 0.2) is 0 Å². The fourth-order valence-electron chi connectivity index (χ4n) is 1.58. The number of carbonyl (C=O) groups is 1. The van der Waals surface area contributed by atoms with E-state index in [-0.39, 0.29) is 5.91 Å². The summed E-state index contributed by atoms with van der Waals surface area (Å²) in [6, 6.07) is 0. The second-order valence-corrected chi connectivity index (χ2v) is 4.16. The van der Waals surface area contributed by atoms with E-state index in [4.69, 9.17) is 0 Å². The molecule has 0 N–H and O–H groups in total. The summed E-state index contributed by atoms with van der Waals surface area (Å²) in [7, 11) is 3.89. The highest BCUT2D eigenvalue weighted by Gasteiger charge is 2.17. The Bertz CT molecular complexity index is 267. The lowest BCUT2D eigenvalue weighted by molar-refractivity contribution is -0.129. The van der Waals surface area contributed by atoms with Gasteiger partial charge in [-0.25, -0.2) is 0 Å². The Morgan fingerprint density at radius 3 is 2.56 bits per heavy atom. The van der Waals surface area contributed by atoms with Gasteiger partial charge in [-0.3, -0.25) is 9.69 Å². The van der Waals surface area contributed by atoms with Gasteiger partial charge in [-0.15, -0.1) is 0 Å². The minimum atomic E-state index is 0.127. The minimum absolute atomic E-state index is 0.127. The second kappa shape index (κ2) is 6.45. The molecule has 0 aromatic rings. The molecule has 0 aromatic heterocycles. The Morgan fingerprint density at radius 2 is 2.00 bits per heavy atom. The summed E-state index contributed by atoms with van der Waals surface area (Å²) in [5.41, 5.74) is 0. The molecular formula is C12H21N3O. The van der Waals surface area contributed by atoms with Crippen molar-refractivity contribution in [3.8, 4) is 0 Å². The summed E-state index contributed by atoms with van der Waals surface area (Å²) >= 11 is 0. The summed E-state index contributed by atoms with van der Waals surface area (Å²) in [6.45, 7) is 8.11. The van der Waals surface area contributed by atoms with Gasteiger partial charge in [0.05, 0.1) is 6.54 Å². The average Bonchev–Trinajstić information content (AvgIpc) is 2.29. The third-order valence-electron chi connectivity index (χ3n) is 2.79. The molecule has 1 heterocycles. The second-order valence-electron chi connectivity index (χ2n) is 4.16. The maximum Gasteiger partial charge on any atom is 0.240 e. The predicted molar refractivity (Wildman–Crippen MR) is 66.0 cm³/mol. The van der Waals surface area contributed by atoms with Gasteiger partial charge in [0.25, 0.3) is 0 Å². The van der Waals surface area contributed by atoms with E-state index in [1.165, 1.54) is 0 Å². The molecule has 4 nitrogen and oxygen atoms in total. The van der Waals surface area contributed by atoms with Crippen molar-refractivity contribution < 1.29 is 4.79 Å². The molecule has 90 valence electrons. The topological polar surface area (TPSA) is 26.8 Å². The summed E-state index contributed by atoms with van der Waals surface area (Å²) in [5, 5.41) is 0. The molecule has 0 aromatic carbocycles. The van der Waals surface area contributed by atoms with Gasteiger partial charge in [-0.05, 0) is 13.1 Å². The van der Waals surface area contributed by atoms with Crippen molar-refractivity contribution >= 4 is 5.91 Å². The van der Waals surface area contributed by atoms with Crippen LogP contribution in [0.2, 0.25) is 0 Å². The molecule has 0 atom stereocenters. The number of rotatable bonds is 4. The number of carbonyl (C=O) groups excluding carboxylic acids is 1. The van der Waals surface area contributed by atoms with Crippen molar-refractivity contribution in [3.05, 3.63) is 24.9 Å². The quantitative estimate of drug-likeness (QED) is 0.645. The molecule has 1 aliphatic heterocycles. The molecular weight excluding hydrogens is 202 g/mol. The summed E-state index contributed by atoms with van der Waals surface area (Å²) in [6.07, 6.45) is 5.17. The normalized spacial score (nSPS) is 18.9. The van der Waals surface area contributed by atoms with Crippen molar-refractivity contribution in [1.29, 1.82) is 0 Å². The zero-order valence-corrected chi connectivity index (χ0v) is 10.2. The summed E-state index contributed by atoms with van der Waals surface area (Å²) in [5.74, 6) is 0.127. The first-order valence-corrected chi connectivity index (χ1v) is 5.59. The summed E-state index contributed by atoms with van der Waals surface area (Å²) in [4.78, 5) is 17.9. The Hall–Kier alpha value is -1.13. The van der Waals surface area contributed by atoms with E-state index in [1.807, 2.05) is 0 Å². The Balaban J connectivity index is 2.33. The largest absolute Gasteiger partial charge is 0.321 e. The van der Waals surface area contributed by atoms with Gasteiger partial charge in [-0.1, -0.05) is 12.7 Å². The molecule has 16 heavy (non-hydrogen) atoms. The van der Waals surface area contributed by atoms with Crippen molar-refractivity contribution in [3.63, 3.8) is 0 Å². The van der Waals surface area contributed by atoms with Gasteiger partial charge in [0.1, 0.15) is 0 Å². The molecule has 0 unspecified atom stereocenters. The van der Waals surface area contributed by atoms with E-state index in [0.717, 1.165) is 26.2 Å². The van der Waals surface area contributed by atoms with Crippen LogP contribution < -0.4 is 0 Å². The van der Waals surface area contributed by atoms with Crippen molar-refractivity contribution in [1.82, 2.24) is 14.7 Å². The molecule has 1 saturated heterocycles. The molecule has 0 saturated carbocycles. The van der Waals surface area contributed by atoms with Gasteiger partial charge in [0.2, 0.25) is 5.91 Å². The van der Waals surface area contributed by atoms with Crippen LogP contribution in [0.4, 0.5) is 0 Å². The number of likely N-dealkylation sites (N-methyl/N-ethyl adjacent to an activating group) is 2. The number of piperazine rings is 1. The van der Waals surface area contributed by atoms with Crippen LogP contribution in [0.1, 0.15) is 0 Å². The molecule has 1 fully saturated rings. The molecule has 0 bridgehead atoms. The minimum Gasteiger partial charge on any atom is -0.321 e. The number of hydrogen-bond acceptors (Lipinski definition) is 3. The van der Waals surface area contributed by atoms with Crippen LogP contribution in [0, 0.1) is 0 Å². The zero-order chi connectivity index (χ0) is 12.0. The number of nitrogens with zero attached hydrogens (tertiary/aromatic N) is 3. The fraction of sp³-hybridized carbons (Fsp3) is 0.583. The highest BCUT2D eigenvalue weighted by Crippen LogP contribution is 2.00. The Kier molecular flexibility index (Phi) is 5.22. The van der Waals surface area contributed by atoms with Crippen LogP contribution in [0.25, 0.3) is 0 Å². The van der Waals surface area contributed by atoms with E-state index in [9.17, 15) is 4.79 Å². The van der Waals surface area contributed by atoms with E-state index >= 15 is 0 Å². The first kappa shape index (κ1) is 12.9. The van der Waals surface area contributed by atoms with Crippen LogP contribution >= 0.6 is 0 Å². The third kappa shape index (κ3) is 4.16. The van der Waals surface area contributed by atoms with Crippen LogP contribution in [-0.4, -0.2) is 67.4 Å². The van der Waals surface area contributed by atoms with Gasteiger partial charge < -0.3 is 9.80 Å². The molecule has 1 aliphatic rings. The van der Waals surface area contributed by atoms with Crippen molar-refractivity contribution in [2.45, 2.75) is 0 Å². The van der Waals surface area contributed by atoms with Crippen molar-refractivity contribution in [2.75, 3.05) is 46.8 Å². The van der Waals surface area contributed by atoms with Crippen LogP contribution in [0.5, 0.6) is 0 Å². The molecule has 4 heteroatoms. The average molecular weight is 223 g/mol. The molecule has 1 amide bonds. The zero-order valence-electron chi connectivity index (χ0n) is 10.2. The lowest BCUT2D eigenvalue weighted by atomic mass is 10.3. The predicted octanol–water partition coefficient (Wildman–Crippen LogP) is 0.392. The highest BCUT2D eigenvalue weighted by molar-refractivity contribution is 5.79. The van der Waals surface area contributed by atoms with E-state index in [0.29, 0.717) is 6.54 Å².